The first kappa shape index (κ1) is 15.3. The van der Waals surface area contributed by atoms with Crippen LogP contribution in [-0.4, -0.2) is 17.5 Å². The molecule has 6 heteroatoms. The molecule has 0 aliphatic heterocycles. The maximum Gasteiger partial charge on any atom is 0.216 e. The molecule has 5 nitrogen and oxygen atoms in total. The number of aliphatic imine (C=N–C) groups is 1. The van der Waals surface area contributed by atoms with E-state index in [1.807, 2.05) is 13.8 Å². The predicted molar refractivity (Wildman–Crippen MR) is 82.1 cm³/mol. The first-order valence-electron chi connectivity index (χ1n) is 6.12. The zero-order valence-corrected chi connectivity index (χ0v) is 13.2. The van der Waals surface area contributed by atoms with Gasteiger partial charge in [0.1, 0.15) is 12.3 Å². The Morgan fingerprint density at radius 1 is 1.50 bits per heavy atom. The molecule has 1 aliphatic rings. The Hall–Kier alpha value is -0.790. The van der Waals surface area contributed by atoms with Crippen molar-refractivity contribution < 1.29 is 4.42 Å². The summed E-state index contributed by atoms with van der Waals surface area (Å²) in [7, 11) is 0. The molecule has 1 aromatic rings. The molecule has 18 heavy (non-hydrogen) atoms. The third kappa shape index (κ3) is 4.15. The van der Waals surface area contributed by atoms with Crippen LogP contribution in [0.15, 0.2) is 9.41 Å². The van der Waals surface area contributed by atoms with Crippen molar-refractivity contribution in [1.82, 2.24) is 10.3 Å². The number of aromatic nitrogens is 1. The van der Waals surface area contributed by atoms with Crippen LogP contribution in [0.2, 0.25) is 0 Å². The number of aryl methyl sites for hydroxylation is 2. The fourth-order valence-corrected chi connectivity index (χ4v) is 1.76. The van der Waals surface area contributed by atoms with Gasteiger partial charge < -0.3 is 15.5 Å². The standard InChI is InChI=1S/C12H20N4O.HI/c1-8-9(2)17-11(16-8)7-15-12(13)14-6-10-4-3-5-10;/h10H,3-7H2,1-2H3,(H3,13,14,15);1H. The number of hydrogen-bond donors (Lipinski definition) is 2. The van der Waals surface area contributed by atoms with E-state index < -0.39 is 0 Å². The summed E-state index contributed by atoms with van der Waals surface area (Å²) in [5, 5.41) is 3.13. The molecule has 0 spiro atoms. The number of hydrogen-bond acceptors (Lipinski definition) is 3. The van der Waals surface area contributed by atoms with Crippen LogP contribution in [0.5, 0.6) is 0 Å². The Labute approximate surface area is 125 Å². The number of nitrogens with two attached hydrogens (primary N) is 1. The molecule has 0 bridgehead atoms. The number of halogens is 1. The highest BCUT2D eigenvalue weighted by Gasteiger charge is 2.16. The molecule has 0 aromatic carbocycles. The molecule has 1 heterocycles. The smallest absolute Gasteiger partial charge is 0.216 e. The summed E-state index contributed by atoms with van der Waals surface area (Å²) in [4.78, 5) is 8.45. The van der Waals surface area contributed by atoms with Gasteiger partial charge in [0.2, 0.25) is 5.89 Å². The summed E-state index contributed by atoms with van der Waals surface area (Å²) < 4.78 is 5.42. The van der Waals surface area contributed by atoms with E-state index in [1.165, 1.54) is 19.3 Å². The first-order chi connectivity index (χ1) is 8.15. The topological polar surface area (TPSA) is 76.4 Å². The van der Waals surface area contributed by atoms with Crippen molar-refractivity contribution in [2.24, 2.45) is 16.6 Å². The summed E-state index contributed by atoms with van der Waals surface area (Å²) in [5.41, 5.74) is 6.68. The van der Waals surface area contributed by atoms with Gasteiger partial charge in [-0.15, -0.1) is 24.0 Å². The summed E-state index contributed by atoms with van der Waals surface area (Å²) in [6, 6.07) is 0. The Morgan fingerprint density at radius 2 is 2.22 bits per heavy atom. The Bertz CT molecular complexity index is 393. The normalized spacial score (nSPS) is 16.0. The minimum Gasteiger partial charge on any atom is -0.444 e. The molecule has 0 amide bonds. The highest BCUT2D eigenvalue weighted by Crippen LogP contribution is 2.24. The highest BCUT2D eigenvalue weighted by atomic mass is 127. The van der Waals surface area contributed by atoms with Crippen LogP contribution in [0.25, 0.3) is 0 Å². The lowest BCUT2D eigenvalue weighted by atomic mass is 9.85. The molecule has 0 saturated heterocycles. The van der Waals surface area contributed by atoms with Gasteiger partial charge in [-0.2, -0.15) is 0 Å². The number of guanidine groups is 1. The van der Waals surface area contributed by atoms with Crippen LogP contribution >= 0.6 is 24.0 Å². The van der Waals surface area contributed by atoms with Crippen LogP contribution in [0, 0.1) is 19.8 Å². The number of nitrogens with zero attached hydrogens (tertiary/aromatic N) is 2. The molecule has 3 N–H and O–H groups in total. The molecule has 102 valence electrons. The Balaban J connectivity index is 0.00000162. The van der Waals surface area contributed by atoms with Gasteiger partial charge in [0.25, 0.3) is 0 Å². The van der Waals surface area contributed by atoms with E-state index in [0.717, 1.165) is 23.9 Å². The van der Waals surface area contributed by atoms with Crippen LogP contribution in [0.3, 0.4) is 0 Å². The van der Waals surface area contributed by atoms with Crippen molar-refractivity contribution in [2.75, 3.05) is 6.54 Å². The van der Waals surface area contributed by atoms with Crippen molar-refractivity contribution in [2.45, 2.75) is 39.7 Å². The van der Waals surface area contributed by atoms with Crippen molar-refractivity contribution in [1.29, 1.82) is 0 Å². The first-order valence-corrected chi connectivity index (χ1v) is 6.12. The maximum absolute atomic E-state index is 5.76. The highest BCUT2D eigenvalue weighted by molar-refractivity contribution is 14.0. The lowest BCUT2D eigenvalue weighted by molar-refractivity contribution is 0.315. The molecule has 0 atom stereocenters. The SMILES string of the molecule is Cc1nc(CN=C(N)NCC2CCC2)oc1C.I. The third-order valence-corrected chi connectivity index (χ3v) is 3.25. The predicted octanol–water partition coefficient (Wildman–Crippen LogP) is 2.11. The Kier molecular flexibility index (Phi) is 5.90. The van der Waals surface area contributed by atoms with Crippen LogP contribution in [0.4, 0.5) is 0 Å². The average molecular weight is 364 g/mol. The third-order valence-electron chi connectivity index (χ3n) is 3.25. The molecule has 1 saturated carbocycles. The van der Waals surface area contributed by atoms with E-state index in [2.05, 4.69) is 15.3 Å². The second-order valence-corrected chi connectivity index (χ2v) is 4.63. The largest absolute Gasteiger partial charge is 0.444 e. The molecule has 2 rings (SSSR count). The van der Waals surface area contributed by atoms with Gasteiger partial charge >= 0.3 is 0 Å². The minimum absolute atomic E-state index is 0. The average Bonchev–Trinajstić information content (AvgIpc) is 2.53. The number of nitrogens with one attached hydrogen (secondary N) is 1. The monoisotopic (exact) mass is 364 g/mol. The van der Waals surface area contributed by atoms with E-state index in [1.54, 1.807) is 0 Å². The second-order valence-electron chi connectivity index (χ2n) is 4.63. The molecule has 1 fully saturated rings. The van der Waals surface area contributed by atoms with Crippen LogP contribution < -0.4 is 11.1 Å². The van der Waals surface area contributed by atoms with Crippen molar-refractivity contribution in [3.05, 3.63) is 17.3 Å². The molecule has 0 radical (unpaired) electrons. The van der Waals surface area contributed by atoms with Gasteiger partial charge in [0.15, 0.2) is 5.96 Å². The minimum atomic E-state index is 0. The van der Waals surface area contributed by atoms with Gasteiger partial charge in [-0.1, -0.05) is 6.42 Å². The van der Waals surface area contributed by atoms with Crippen molar-refractivity contribution in [3.63, 3.8) is 0 Å². The zero-order valence-electron chi connectivity index (χ0n) is 10.9. The molecular formula is C12H21IN4O. The quantitative estimate of drug-likeness (QED) is 0.488. The van der Waals surface area contributed by atoms with E-state index in [0.29, 0.717) is 18.4 Å². The van der Waals surface area contributed by atoms with Crippen LogP contribution in [-0.2, 0) is 6.54 Å². The second kappa shape index (κ2) is 6.96. The zero-order chi connectivity index (χ0) is 12.3. The Morgan fingerprint density at radius 3 is 2.72 bits per heavy atom. The summed E-state index contributed by atoms with van der Waals surface area (Å²) in [6.45, 7) is 5.15. The van der Waals surface area contributed by atoms with E-state index in [4.69, 9.17) is 10.2 Å². The summed E-state index contributed by atoms with van der Waals surface area (Å²) in [5.74, 6) is 2.71. The van der Waals surface area contributed by atoms with Gasteiger partial charge in [0.05, 0.1) is 5.69 Å². The maximum atomic E-state index is 5.76. The fourth-order valence-electron chi connectivity index (χ4n) is 1.76. The van der Waals surface area contributed by atoms with Crippen LogP contribution in [0.1, 0.15) is 36.6 Å². The molecule has 0 unspecified atom stereocenters. The van der Waals surface area contributed by atoms with Crippen molar-refractivity contribution in [3.8, 4) is 0 Å². The molecule has 1 aromatic heterocycles. The number of rotatable bonds is 4. The van der Waals surface area contributed by atoms with Crippen molar-refractivity contribution >= 4 is 29.9 Å². The van der Waals surface area contributed by atoms with E-state index in [9.17, 15) is 0 Å². The van der Waals surface area contributed by atoms with E-state index >= 15 is 0 Å². The molecular weight excluding hydrogens is 343 g/mol. The summed E-state index contributed by atoms with van der Waals surface area (Å²) >= 11 is 0. The summed E-state index contributed by atoms with van der Waals surface area (Å²) in [6.07, 6.45) is 3.95. The van der Waals surface area contributed by atoms with Gasteiger partial charge in [-0.25, -0.2) is 9.98 Å². The van der Waals surface area contributed by atoms with E-state index in [-0.39, 0.29) is 24.0 Å². The van der Waals surface area contributed by atoms with Gasteiger partial charge in [0, 0.05) is 6.54 Å². The fraction of sp³-hybridized carbons (Fsp3) is 0.667. The lowest BCUT2D eigenvalue weighted by Crippen LogP contribution is -2.37. The number of oxazole rings is 1. The molecule has 1 aliphatic carbocycles. The lowest BCUT2D eigenvalue weighted by Gasteiger charge is -2.25. The van der Waals surface area contributed by atoms with Gasteiger partial charge in [-0.3, -0.25) is 0 Å². The van der Waals surface area contributed by atoms with Gasteiger partial charge in [-0.05, 0) is 32.6 Å².